The number of aliphatic carboxylic acids is 1. The smallest absolute Gasteiger partial charge is 0.327 e. The van der Waals surface area contributed by atoms with Gasteiger partial charge in [-0.3, -0.25) is 4.79 Å². The molecule has 0 aliphatic heterocycles. The third-order valence-electron chi connectivity index (χ3n) is 1.25. The predicted molar refractivity (Wildman–Crippen MR) is 54.2 cm³/mol. The summed E-state index contributed by atoms with van der Waals surface area (Å²) in [6.45, 7) is -1.31. The number of carbonyl (C=O) groups excluding carboxylic acids is 1. The van der Waals surface area contributed by atoms with Crippen LogP contribution < -0.4 is 5.32 Å². The third-order valence-corrected chi connectivity index (χ3v) is 2.53. The van der Waals surface area contributed by atoms with Gasteiger partial charge in [-0.15, -0.1) is 0 Å². The summed E-state index contributed by atoms with van der Waals surface area (Å²) in [5.74, 6) is -2.28. The van der Waals surface area contributed by atoms with Crippen molar-refractivity contribution in [1.29, 1.82) is 0 Å². The van der Waals surface area contributed by atoms with Crippen LogP contribution in [-0.4, -0.2) is 45.7 Å². The van der Waals surface area contributed by atoms with Crippen molar-refractivity contribution in [3.8, 4) is 0 Å². The van der Waals surface area contributed by atoms with E-state index in [9.17, 15) is 9.59 Å². The lowest BCUT2D eigenvalue weighted by atomic mass is 10.3. The Kier molecular flexibility index (Phi) is 4.07. The number of aliphatic hydroxyl groups is 1. The van der Waals surface area contributed by atoms with Crippen LogP contribution >= 0.6 is 11.8 Å². The Morgan fingerprint density at radius 2 is 2.21 bits per heavy atom. The van der Waals surface area contributed by atoms with Crippen molar-refractivity contribution in [3.05, 3.63) is 0 Å². The predicted octanol–water partition coefficient (Wildman–Crippen LogP) is -0.310. The molecule has 0 aromatic carbocycles. The number of thioether (sulfide) groups is 1. The monoisotopic (exact) mass is 224 g/mol. The molecule has 0 saturated carbocycles. The van der Waals surface area contributed by atoms with Gasteiger partial charge >= 0.3 is 5.97 Å². The second-order valence-electron chi connectivity index (χ2n) is 2.75. The molecule has 0 spiro atoms. The number of rotatable bonds is 6. The third kappa shape index (κ3) is 6.73. The van der Waals surface area contributed by atoms with Crippen LogP contribution in [0.25, 0.3) is 0 Å². The van der Waals surface area contributed by atoms with Crippen molar-refractivity contribution in [2.24, 2.45) is 0 Å². The van der Waals surface area contributed by atoms with Gasteiger partial charge in [0.05, 0.1) is 6.10 Å². The largest absolute Gasteiger partial charge is 0.480 e. The van der Waals surface area contributed by atoms with E-state index in [0.29, 0.717) is 5.75 Å². The molecule has 82 valence electrons. The molecule has 0 fully saturated rings. The fourth-order valence-electron chi connectivity index (χ4n) is 0.689. The quantitative estimate of drug-likeness (QED) is 0.576. The van der Waals surface area contributed by atoms with Crippen LogP contribution in [0.2, 0.25) is 0 Å². The average Bonchev–Trinajstić information content (AvgIpc) is 2.13. The van der Waals surface area contributed by atoms with E-state index in [2.05, 4.69) is 0 Å². The minimum absolute atomic E-state index is 0.00204. The van der Waals surface area contributed by atoms with Gasteiger partial charge in [0.15, 0.2) is 0 Å². The highest BCUT2D eigenvalue weighted by atomic mass is 32.2. The van der Waals surface area contributed by atoms with Gasteiger partial charge in [-0.2, -0.15) is 11.8 Å². The summed E-state index contributed by atoms with van der Waals surface area (Å²) in [6.07, 6.45) is -0.590. The number of hydrogen-bond acceptors (Lipinski definition) is 4. The summed E-state index contributed by atoms with van der Waals surface area (Å²) in [6, 6.07) is -1.27. The number of amides is 1. The van der Waals surface area contributed by atoms with Gasteiger partial charge < -0.3 is 15.5 Å². The molecule has 6 heteroatoms. The van der Waals surface area contributed by atoms with Crippen molar-refractivity contribution in [2.75, 3.05) is 11.5 Å². The van der Waals surface area contributed by atoms with Crippen LogP contribution in [-0.2, 0) is 9.59 Å². The van der Waals surface area contributed by atoms with E-state index in [-0.39, 0.29) is 5.75 Å². The van der Waals surface area contributed by atoms with Crippen LogP contribution in [0.3, 0.4) is 0 Å². The highest BCUT2D eigenvalue weighted by molar-refractivity contribution is 7.99. The molecule has 0 rings (SSSR count). The molecule has 0 aromatic rings. The molecular formula is C8H15NO4S. The van der Waals surface area contributed by atoms with Crippen molar-refractivity contribution >= 4 is 23.6 Å². The van der Waals surface area contributed by atoms with Gasteiger partial charge in [-0.1, -0.05) is 0 Å². The first-order chi connectivity index (χ1) is 7.64. The highest BCUT2D eigenvalue weighted by Crippen LogP contribution is 2.05. The molecule has 1 unspecified atom stereocenters. The molecule has 0 saturated heterocycles. The maximum absolute atomic E-state index is 11.1. The van der Waals surface area contributed by atoms with E-state index < -0.39 is 30.9 Å². The number of carboxylic acid groups (broad SMARTS) is 1. The van der Waals surface area contributed by atoms with E-state index in [1.165, 1.54) is 0 Å². The minimum atomic E-state index is -2.86. The molecule has 0 heterocycles. The van der Waals surface area contributed by atoms with Crippen molar-refractivity contribution in [2.45, 2.75) is 25.9 Å². The lowest BCUT2D eigenvalue weighted by Gasteiger charge is -2.13. The second-order valence-corrected chi connectivity index (χ2v) is 3.83. The first-order valence-corrected chi connectivity index (χ1v) is 5.09. The molecule has 0 aromatic heterocycles. The van der Waals surface area contributed by atoms with E-state index in [0.717, 1.165) is 11.8 Å². The number of nitrogens with one attached hydrogen (secondary N) is 1. The Hall–Kier alpha value is -0.750. The van der Waals surface area contributed by atoms with E-state index in [1.54, 1.807) is 6.92 Å². The van der Waals surface area contributed by atoms with Crippen LogP contribution in [0.1, 0.15) is 17.9 Å². The summed E-state index contributed by atoms with van der Waals surface area (Å²) < 4.78 is 20.4. The van der Waals surface area contributed by atoms with Gasteiger partial charge in [0.1, 0.15) is 6.04 Å². The second kappa shape index (κ2) is 6.67. The van der Waals surface area contributed by atoms with Crippen LogP contribution in [0.15, 0.2) is 0 Å². The van der Waals surface area contributed by atoms with Crippen LogP contribution in [0, 0.1) is 0 Å². The summed E-state index contributed by atoms with van der Waals surface area (Å²) >= 11 is 1.12. The number of carbonyl (C=O) groups is 2. The molecular weight excluding hydrogens is 206 g/mol. The number of aliphatic hydroxyl groups excluding tert-OH is 1. The Bertz CT molecular complexity index is 282. The molecule has 3 N–H and O–H groups in total. The number of carboxylic acids is 1. The fraction of sp³-hybridized carbons (Fsp3) is 0.750. The Balaban J connectivity index is 4.26. The lowest BCUT2D eigenvalue weighted by Crippen LogP contribution is -2.41. The standard InChI is InChI=1S/C8H15NO4S/c1-5(10)3-14-4-7(8(12)13)9-6(2)11/h5,7,10H,3-4H2,1-2H3,(H,9,11)(H,12,13)/t5?,7-/m0/s1/i2D3. The van der Waals surface area contributed by atoms with Crippen molar-refractivity contribution < 1.29 is 23.9 Å². The molecule has 5 nitrogen and oxygen atoms in total. The molecule has 0 radical (unpaired) electrons. The first kappa shape index (κ1) is 8.55. The maximum atomic E-state index is 11.1. The molecule has 0 aliphatic carbocycles. The topological polar surface area (TPSA) is 86.6 Å². The molecule has 14 heavy (non-hydrogen) atoms. The Morgan fingerprint density at radius 3 is 2.64 bits per heavy atom. The van der Waals surface area contributed by atoms with Crippen LogP contribution in [0.5, 0.6) is 0 Å². The Morgan fingerprint density at radius 1 is 1.57 bits per heavy atom. The Labute approximate surface area is 91.1 Å². The fourth-order valence-corrected chi connectivity index (χ4v) is 1.63. The molecule has 1 amide bonds. The summed E-state index contributed by atoms with van der Waals surface area (Å²) in [7, 11) is 0. The zero-order chi connectivity index (χ0) is 13.6. The first-order valence-electron chi connectivity index (χ1n) is 5.44. The van der Waals surface area contributed by atoms with Crippen LogP contribution in [0.4, 0.5) is 0 Å². The zero-order valence-electron chi connectivity index (χ0n) is 10.7. The van der Waals surface area contributed by atoms with Crippen molar-refractivity contribution in [1.82, 2.24) is 5.32 Å². The van der Waals surface area contributed by atoms with Gasteiger partial charge in [-0.05, 0) is 6.92 Å². The summed E-state index contributed by atoms with van der Waals surface area (Å²) in [5, 5.41) is 19.7. The molecule has 2 atom stereocenters. The normalized spacial score (nSPS) is 18.6. The van der Waals surface area contributed by atoms with E-state index >= 15 is 0 Å². The molecule has 0 aliphatic rings. The molecule has 0 bridgehead atoms. The van der Waals surface area contributed by atoms with Gasteiger partial charge in [0.2, 0.25) is 5.91 Å². The lowest BCUT2D eigenvalue weighted by molar-refractivity contribution is -0.140. The van der Waals surface area contributed by atoms with E-state index in [1.807, 2.05) is 5.32 Å². The maximum Gasteiger partial charge on any atom is 0.327 e. The summed E-state index contributed by atoms with van der Waals surface area (Å²) in [5.41, 5.74) is 0. The summed E-state index contributed by atoms with van der Waals surface area (Å²) in [4.78, 5) is 21.8. The zero-order valence-corrected chi connectivity index (χ0v) is 8.50. The van der Waals surface area contributed by atoms with Gasteiger partial charge in [0, 0.05) is 22.5 Å². The highest BCUT2D eigenvalue weighted by Gasteiger charge is 2.18. The minimum Gasteiger partial charge on any atom is -0.480 e. The van der Waals surface area contributed by atoms with E-state index in [4.69, 9.17) is 14.3 Å². The van der Waals surface area contributed by atoms with Gasteiger partial charge in [-0.25, -0.2) is 4.79 Å². The van der Waals surface area contributed by atoms with Crippen molar-refractivity contribution in [3.63, 3.8) is 0 Å². The van der Waals surface area contributed by atoms with Gasteiger partial charge in [0.25, 0.3) is 0 Å². The SMILES string of the molecule is [2H]C([2H])([2H])C(=O)N[C@@H](CSCC(C)O)C(=O)O. The number of hydrogen-bond donors (Lipinski definition) is 3. The average molecular weight is 224 g/mol.